The number of carboxylic acid groups (broad SMARTS) is 4. The number of carbonyl (C=O) groups is 4. The maximum Gasteiger partial charge on any atom is 0.335 e. The molecule has 6 aromatic rings. The van der Waals surface area contributed by atoms with Crippen LogP contribution in [0.15, 0.2) is 170 Å². The van der Waals surface area contributed by atoms with Gasteiger partial charge in [-0.15, -0.1) is 0 Å². The van der Waals surface area contributed by atoms with Crippen molar-refractivity contribution in [1.29, 1.82) is 0 Å². The Hall–Kier alpha value is -7.60. The van der Waals surface area contributed by atoms with E-state index in [0.29, 0.717) is 23.0 Å². The highest BCUT2D eigenvalue weighted by Gasteiger charge is 2.07. The number of benzene rings is 6. The van der Waals surface area contributed by atoms with Crippen molar-refractivity contribution in [3.05, 3.63) is 192 Å². The molecule has 0 amide bonds. The van der Waals surface area contributed by atoms with Crippen molar-refractivity contribution in [3.63, 3.8) is 0 Å². The Morgan fingerprint density at radius 1 is 0.269 bits per heavy atom. The van der Waals surface area contributed by atoms with Crippen molar-refractivity contribution >= 4 is 23.9 Å². The van der Waals surface area contributed by atoms with Gasteiger partial charge in [0.05, 0.1) is 22.3 Å². The minimum atomic E-state index is -1.13. The third-order valence-electron chi connectivity index (χ3n) is 5.76. The largest absolute Gasteiger partial charge is 0.508 e. The second-order valence-electron chi connectivity index (χ2n) is 9.72. The van der Waals surface area contributed by atoms with Crippen LogP contribution in [-0.4, -0.2) is 64.7 Å². The molecule has 0 fully saturated rings. The van der Waals surface area contributed by atoms with Crippen LogP contribution >= 0.6 is 0 Å². The van der Waals surface area contributed by atoms with Crippen LogP contribution in [0.1, 0.15) is 41.4 Å². The molecule has 0 aliphatic carbocycles. The van der Waals surface area contributed by atoms with E-state index >= 15 is 0 Å². The summed E-state index contributed by atoms with van der Waals surface area (Å²) in [5.74, 6) is -3.09. The molecule has 0 radical (unpaired) electrons. The number of hydrogen-bond donors (Lipinski definition) is 8. The van der Waals surface area contributed by atoms with E-state index in [0.717, 1.165) is 6.07 Å². The molecule has 0 aliphatic heterocycles. The number of phenols is 4. The average molecular weight is 709 g/mol. The van der Waals surface area contributed by atoms with Gasteiger partial charge in [-0.3, -0.25) is 0 Å². The predicted molar refractivity (Wildman–Crippen MR) is 193 cm³/mol. The first-order chi connectivity index (χ1) is 24.8. The molecule has 12 nitrogen and oxygen atoms in total. The van der Waals surface area contributed by atoms with Crippen molar-refractivity contribution in [2.75, 3.05) is 0 Å². The molecule has 0 unspecified atom stereocenters. The highest BCUT2D eigenvalue weighted by Crippen LogP contribution is 2.07. The predicted octanol–water partition coefficient (Wildman–Crippen LogP) is 7.73. The van der Waals surface area contributed by atoms with Crippen LogP contribution in [-0.2, 0) is 0 Å². The van der Waals surface area contributed by atoms with Gasteiger partial charge < -0.3 is 40.9 Å². The Labute approximate surface area is 298 Å². The van der Waals surface area contributed by atoms with E-state index in [1.54, 1.807) is 97.1 Å². The average Bonchev–Trinajstić information content (AvgIpc) is 3.14. The Morgan fingerprint density at radius 2 is 0.481 bits per heavy atom. The van der Waals surface area contributed by atoms with E-state index < -0.39 is 23.9 Å². The van der Waals surface area contributed by atoms with Crippen LogP contribution in [0.4, 0.5) is 0 Å². The molecule has 0 bridgehead atoms. The molecule has 0 heterocycles. The van der Waals surface area contributed by atoms with E-state index in [2.05, 4.69) is 0 Å². The van der Waals surface area contributed by atoms with Crippen LogP contribution in [0.2, 0.25) is 0 Å². The SMILES string of the molecule is O=C(O)c1ccc(C(=O)O)cc1.O=C(O)c1cccc(C(=O)O)c1.Oc1ccccc1.Oc1ccccc1.Oc1ccccc1.Oc1ccccc1. The maximum atomic E-state index is 10.4. The second-order valence-corrected chi connectivity index (χ2v) is 9.72. The molecule has 6 aromatic carbocycles. The van der Waals surface area contributed by atoms with Crippen LogP contribution < -0.4 is 0 Å². The van der Waals surface area contributed by atoms with Gasteiger partial charge in [0.1, 0.15) is 23.0 Å². The molecule has 0 saturated heterocycles. The van der Waals surface area contributed by atoms with Gasteiger partial charge in [0, 0.05) is 0 Å². The molecular formula is C40H36O12. The summed E-state index contributed by atoms with van der Waals surface area (Å²) in [6.07, 6.45) is 0. The maximum absolute atomic E-state index is 10.4. The molecule has 0 atom stereocenters. The fourth-order valence-corrected chi connectivity index (χ4v) is 3.25. The van der Waals surface area contributed by atoms with Gasteiger partial charge in [0.2, 0.25) is 0 Å². The Bertz CT molecular complexity index is 1690. The fourth-order valence-electron chi connectivity index (χ4n) is 3.25. The third kappa shape index (κ3) is 19.9. The number of aromatic carboxylic acids is 4. The van der Waals surface area contributed by atoms with Crippen molar-refractivity contribution in [2.24, 2.45) is 0 Å². The van der Waals surface area contributed by atoms with Gasteiger partial charge >= 0.3 is 23.9 Å². The van der Waals surface area contributed by atoms with Crippen LogP contribution in [0.3, 0.4) is 0 Å². The number of carboxylic acids is 4. The van der Waals surface area contributed by atoms with E-state index in [9.17, 15) is 19.2 Å². The Balaban J connectivity index is 0.000000318. The van der Waals surface area contributed by atoms with Crippen molar-refractivity contribution < 1.29 is 60.0 Å². The van der Waals surface area contributed by atoms with Crippen molar-refractivity contribution in [2.45, 2.75) is 0 Å². The molecule has 8 N–H and O–H groups in total. The van der Waals surface area contributed by atoms with Crippen molar-refractivity contribution in [3.8, 4) is 23.0 Å². The van der Waals surface area contributed by atoms with Crippen molar-refractivity contribution in [1.82, 2.24) is 0 Å². The van der Waals surface area contributed by atoms with Gasteiger partial charge in [0.15, 0.2) is 0 Å². The van der Waals surface area contributed by atoms with E-state index in [1.807, 2.05) is 24.3 Å². The molecule has 52 heavy (non-hydrogen) atoms. The van der Waals surface area contributed by atoms with Gasteiger partial charge in [-0.25, -0.2) is 19.2 Å². The van der Waals surface area contributed by atoms with Gasteiger partial charge in [-0.1, -0.05) is 78.9 Å². The lowest BCUT2D eigenvalue weighted by Gasteiger charge is -1.95. The lowest BCUT2D eigenvalue weighted by atomic mass is 10.1. The number of para-hydroxylation sites is 4. The van der Waals surface area contributed by atoms with Gasteiger partial charge in [-0.2, -0.15) is 0 Å². The molecule has 12 heteroatoms. The summed E-state index contributed by atoms with van der Waals surface area (Å²) in [6.45, 7) is 0. The van der Waals surface area contributed by atoms with Crippen LogP contribution in [0.5, 0.6) is 23.0 Å². The number of rotatable bonds is 4. The zero-order chi connectivity index (χ0) is 38.7. The zero-order valence-electron chi connectivity index (χ0n) is 27.4. The molecule has 0 spiro atoms. The zero-order valence-corrected chi connectivity index (χ0v) is 27.4. The minimum Gasteiger partial charge on any atom is -0.508 e. The topological polar surface area (TPSA) is 230 Å². The molecular weight excluding hydrogens is 672 g/mol. The quantitative estimate of drug-likeness (QED) is 0.0879. The van der Waals surface area contributed by atoms with E-state index in [-0.39, 0.29) is 22.3 Å². The van der Waals surface area contributed by atoms with Crippen LogP contribution in [0.25, 0.3) is 0 Å². The first kappa shape index (κ1) is 42.4. The van der Waals surface area contributed by atoms with E-state index in [4.69, 9.17) is 40.9 Å². The second kappa shape index (κ2) is 24.5. The summed E-state index contributed by atoms with van der Waals surface area (Å²) in [5, 5.41) is 68.5. The fraction of sp³-hybridized carbons (Fsp3) is 0. The standard InChI is InChI=1S/2C8H6O4.4C6H6O/c9-7(10)5-1-2-6(4-3-5)8(11)12;9-7(10)5-2-1-3-6(4-5)8(11)12;4*7-6-4-2-1-3-5-6/h2*1-4H,(H,9,10)(H,11,12);4*1-5,7H. The number of hydrogen-bond acceptors (Lipinski definition) is 8. The van der Waals surface area contributed by atoms with Crippen LogP contribution in [0, 0.1) is 0 Å². The third-order valence-corrected chi connectivity index (χ3v) is 5.76. The highest BCUT2D eigenvalue weighted by molar-refractivity contribution is 5.93. The number of aromatic hydroxyl groups is 4. The normalized spacial score (nSPS) is 8.92. The summed E-state index contributed by atoms with van der Waals surface area (Å²) in [7, 11) is 0. The summed E-state index contributed by atoms with van der Waals surface area (Å²) in [5.41, 5.74) is 0.129. The first-order valence-electron chi connectivity index (χ1n) is 14.9. The molecule has 268 valence electrons. The smallest absolute Gasteiger partial charge is 0.335 e. The Morgan fingerprint density at radius 3 is 0.635 bits per heavy atom. The minimum absolute atomic E-state index is 0.0186. The molecule has 6 rings (SSSR count). The lowest BCUT2D eigenvalue weighted by molar-refractivity contribution is 0.0681. The Kier molecular flexibility index (Phi) is 20.0. The summed E-state index contributed by atoms with van der Waals surface area (Å²) in [6, 6.07) is 45.1. The summed E-state index contributed by atoms with van der Waals surface area (Å²) in [4.78, 5) is 41.4. The lowest BCUT2D eigenvalue weighted by Crippen LogP contribution is -2.01. The molecule has 0 saturated carbocycles. The van der Waals surface area contributed by atoms with E-state index in [1.165, 1.54) is 42.5 Å². The number of phenolic OH excluding ortho intramolecular Hbond substituents is 4. The van der Waals surface area contributed by atoms with Gasteiger partial charge in [-0.05, 0) is 91.0 Å². The molecule has 0 aliphatic rings. The van der Waals surface area contributed by atoms with Gasteiger partial charge in [0.25, 0.3) is 0 Å². The molecule has 0 aromatic heterocycles. The summed E-state index contributed by atoms with van der Waals surface area (Å²) >= 11 is 0. The summed E-state index contributed by atoms with van der Waals surface area (Å²) < 4.78 is 0. The highest BCUT2D eigenvalue weighted by atomic mass is 16.4. The monoisotopic (exact) mass is 708 g/mol. The first-order valence-corrected chi connectivity index (χ1v) is 14.9.